The number of rotatable bonds is 4. The molecule has 2 N–H and O–H groups in total. The fourth-order valence-corrected chi connectivity index (χ4v) is 1.93. The van der Waals surface area contributed by atoms with E-state index >= 15 is 0 Å². The lowest BCUT2D eigenvalue weighted by molar-refractivity contribution is 0.807. The normalized spacial score (nSPS) is 10.6. The number of nitrogens with zero attached hydrogens (tertiary/aromatic N) is 3. The molecule has 4 nitrogen and oxygen atoms in total. The molecule has 0 saturated heterocycles. The van der Waals surface area contributed by atoms with E-state index in [4.69, 9.17) is 5.73 Å². The second-order valence-corrected chi connectivity index (χ2v) is 4.73. The molecule has 2 rings (SSSR count). The lowest BCUT2D eigenvalue weighted by atomic mass is 10.1. The summed E-state index contributed by atoms with van der Waals surface area (Å²) >= 11 is 0. The number of anilines is 2. The Morgan fingerprint density at radius 2 is 1.83 bits per heavy atom. The average Bonchev–Trinajstić information content (AvgIpc) is 2.68. The van der Waals surface area contributed by atoms with E-state index in [0.29, 0.717) is 5.95 Å². The van der Waals surface area contributed by atoms with Crippen LogP contribution in [0.2, 0.25) is 0 Å². The third-order valence-electron chi connectivity index (χ3n) is 3.24. The van der Waals surface area contributed by atoms with Crippen molar-refractivity contribution in [2.75, 3.05) is 24.7 Å². The second-order valence-electron chi connectivity index (χ2n) is 4.73. The molecule has 2 aromatic rings. The largest absolute Gasteiger partial charge is 0.378 e. The SMILES string of the molecule is CN(C)c1ccc(CCc2cnc(N)n2C)cc1. The molecule has 0 amide bonds. The minimum atomic E-state index is 0.577. The molecule has 0 radical (unpaired) electrons. The third-order valence-corrected chi connectivity index (χ3v) is 3.24. The van der Waals surface area contributed by atoms with E-state index < -0.39 is 0 Å². The summed E-state index contributed by atoms with van der Waals surface area (Å²) in [5, 5.41) is 0. The van der Waals surface area contributed by atoms with Crippen LogP contribution in [0.3, 0.4) is 0 Å². The van der Waals surface area contributed by atoms with Gasteiger partial charge in [0.05, 0.1) is 6.20 Å². The van der Waals surface area contributed by atoms with Gasteiger partial charge in [-0.15, -0.1) is 0 Å². The Bertz CT molecular complexity index is 511. The molecule has 0 aliphatic heterocycles. The van der Waals surface area contributed by atoms with Gasteiger partial charge in [0.25, 0.3) is 0 Å². The van der Waals surface area contributed by atoms with Crippen LogP contribution in [0.5, 0.6) is 0 Å². The van der Waals surface area contributed by atoms with Crippen LogP contribution in [0.15, 0.2) is 30.5 Å². The summed E-state index contributed by atoms with van der Waals surface area (Å²) in [6.45, 7) is 0. The van der Waals surface area contributed by atoms with Gasteiger partial charge in [-0.2, -0.15) is 0 Å². The number of aryl methyl sites for hydroxylation is 2. The van der Waals surface area contributed by atoms with E-state index in [0.717, 1.165) is 12.8 Å². The zero-order valence-electron chi connectivity index (χ0n) is 11.2. The van der Waals surface area contributed by atoms with Crippen LogP contribution in [-0.2, 0) is 19.9 Å². The predicted molar refractivity (Wildman–Crippen MR) is 75.8 cm³/mol. The van der Waals surface area contributed by atoms with Gasteiger partial charge < -0.3 is 15.2 Å². The molecule has 18 heavy (non-hydrogen) atoms. The maximum atomic E-state index is 5.71. The Morgan fingerprint density at radius 1 is 1.17 bits per heavy atom. The zero-order valence-corrected chi connectivity index (χ0v) is 11.2. The molecule has 0 bridgehead atoms. The fraction of sp³-hybridized carbons (Fsp3) is 0.357. The van der Waals surface area contributed by atoms with Crippen molar-refractivity contribution >= 4 is 11.6 Å². The van der Waals surface area contributed by atoms with Gasteiger partial charge in [0.1, 0.15) is 0 Å². The number of hydrogen-bond donors (Lipinski definition) is 1. The molecule has 0 aliphatic carbocycles. The van der Waals surface area contributed by atoms with Crippen molar-refractivity contribution in [1.29, 1.82) is 0 Å². The summed E-state index contributed by atoms with van der Waals surface area (Å²) < 4.78 is 1.94. The van der Waals surface area contributed by atoms with E-state index in [-0.39, 0.29) is 0 Å². The first-order chi connectivity index (χ1) is 8.58. The summed E-state index contributed by atoms with van der Waals surface area (Å²) in [4.78, 5) is 6.20. The maximum Gasteiger partial charge on any atom is 0.200 e. The number of hydrogen-bond acceptors (Lipinski definition) is 3. The smallest absolute Gasteiger partial charge is 0.200 e. The Balaban J connectivity index is 2.00. The maximum absolute atomic E-state index is 5.71. The predicted octanol–water partition coefficient (Wildman–Crippen LogP) is 1.85. The van der Waals surface area contributed by atoms with Gasteiger partial charge in [-0.25, -0.2) is 4.98 Å². The molecule has 1 heterocycles. The van der Waals surface area contributed by atoms with Gasteiger partial charge >= 0.3 is 0 Å². The summed E-state index contributed by atoms with van der Waals surface area (Å²) in [5.41, 5.74) is 9.44. The molecule has 0 aliphatic rings. The minimum absolute atomic E-state index is 0.577. The van der Waals surface area contributed by atoms with E-state index in [1.165, 1.54) is 16.9 Å². The highest BCUT2D eigenvalue weighted by atomic mass is 15.1. The van der Waals surface area contributed by atoms with E-state index in [9.17, 15) is 0 Å². The Morgan fingerprint density at radius 3 is 2.33 bits per heavy atom. The molecule has 0 spiro atoms. The fourth-order valence-electron chi connectivity index (χ4n) is 1.93. The molecule has 0 unspecified atom stereocenters. The average molecular weight is 244 g/mol. The number of nitrogen functional groups attached to an aromatic ring is 1. The van der Waals surface area contributed by atoms with Crippen molar-refractivity contribution in [3.63, 3.8) is 0 Å². The summed E-state index contributed by atoms with van der Waals surface area (Å²) in [7, 11) is 6.05. The van der Waals surface area contributed by atoms with Gasteiger partial charge in [0.2, 0.25) is 0 Å². The summed E-state index contributed by atoms with van der Waals surface area (Å²) in [6.07, 6.45) is 3.82. The first kappa shape index (κ1) is 12.5. The van der Waals surface area contributed by atoms with Crippen LogP contribution in [0.4, 0.5) is 11.6 Å². The monoisotopic (exact) mass is 244 g/mol. The molecule has 0 atom stereocenters. The first-order valence-corrected chi connectivity index (χ1v) is 6.10. The second kappa shape index (κ2) is 5.12. The van der Waals surface area contributed by atoms with Gasteiger partial charge in [0, 0.05) is 32.5 Å². The standard InChI is InChI=1S/C14H20N4/c1-17(2)12-7-4-11(5-8-12)6-9-13-10-16-14(15)18(13)3/h4-5,7-8,10H,6,9H2,1-3H3,(H2,15,16). The van der Waals surface area contributed by atoms with Crippen LogP contribution in [-0.4, -0.2) is 23.6 Å². The molecule has 0 fully saturated rings. The Hall–Kier alpha value is -1.97. The number of imidazole rings is 1. The zero-order chi connectivity index (χ0) is 13.1. The van der Waals surface area contributed by atoms with Crippen molar-refractivity contribution in [3.05, 3.63) is 41.7 Å². The van der Waals surface area contributed by atoms with Crippen molar-refractivity contribution < 1.29 is 0 Å². The lowest BCUT2D eigenvalue weighted by Crippen LogP contribution is -2.08. The third kappa shape index (κ3) is 2.64. The molecule has 4 heteroatoms. The van der Waals surface area contributed by atoms with Crippen LogP contribution >= 0.6 is 0 Å². The molecule has 0 saturated carbocycles. The van der Waals surface area contributed by atoms with Crippen molar-refractivity contribution in [1.82, 2.24) is 9.55 Å². The van der Waals surface area contributed by atoms with E-state index in [1.807, 2.05) is 31.9 Å². The minimum Gasteiger partial charge on any atom is -0.378 e. The first-order valence-electron chi connectivity index (χ1n) is 6.10. The van der Waals surface area contributed by atoms with Gasteiger partial charge in [-0.05, 0) is 30.5 Å². The highest BCUT2D eigenvalue weighted by Crippen LogP contribution is 2.14. The van der Waals surface area contributed by atoms with Gasteiger partial charge in [0.15, 0.2) is 5.95 Å². The van der Waals surface area contributed by atoms with Crippen LogP contribution < -0.4 is 10.6 Å². The quantitative estimate of drug-likeness (QED) is 0.893. The molecule has 96 valence electrons. The van der Waals surface area contributed by atoms with E-state index in [1.54, 1.807) is 0 Å². The van der Waals surface area contributed by atoms with Crippen molar-refractivity contribution in [2.45, 2.75) is 12.8 Å². The van der Waals surface area contributed by atoms with E-state index in [2.05, 4.69) is 34.1 Å². The molecule has 1 aromatic carbocycles. The van der Waals surface area contributed by atoms with Crippen LogP contribution in [0.25, 0.3) is 0 Å². The molecular weight excluding hydrogens is 224 g/mol. The van der Waals surface area contributed by atoms with Crippen molar-refractivity contribution in [2.24, 2.45) is 7.05 Å². The Labute approximate surface area is 108 Å². The van der Waals surface area contributed by atoms with Crippen LogP contribution in [0.1, 0.15) is 11.3 Å². The van der Waals surface area contributed by atoms with Crippen molar-refractivity contribution in [3.8, 4) is 0 Å². The Kier molecular flexibility index (Phi) is 3.55. The highest BCUT2D eigenvalue weighted by molar-refractivity contribution is 5.46. The highest BCUT2D eigenvalue weighted by Gasteiger charge is 2.03. The molecule has 1 aromatic heterocycles. The summed E-state index contributed by atoms with van der Waals surface area (Å²) in [6, 6.07) is 8.64. The van der Waals surface area contributed by atoms with Gasteiger partial charge in [-0.1, -0.05) is 12.1 Å². The summed E-state index contributed by atoms with van der Waals surface area (Å²) in [5.74, 6) is 0.577. The number of benzene rings is 1. The van der Waals surface area contributed by atoms with Crippen LogP contribution in [0, 0.1) is 0 Å². The lowest BCUT2D eigenvalue weighted by Gasteiger charge is -2.12. The molecular formula is C14H20N4. The number of aromatic nitrogens is 2. The van der Waals surface area contributed by atoms with Gasteiger partial charge in [-0.3, -0.25) is 0 Å². The topological polar surface area (TPSA) is 47.1 Å². The number of nitrogens with two attached hydrogens (primary N) is 1.